The van der Waals surface area contributed by atoms with E-state index in [-0.39, 0.29) is 5.91 Å². The van der Waals surface area contributed by atoms with Crippen molar-refractivity contribution in [2.45, 2.75) is 38.7 Å². The van der Waals surface area contributed by atoms with E-state index in [2.05, 4.69) is 12.1 Å². The molecule has 0 saturated heterocycles. The van der Waals surface area contributed by atoms with Crippen molar-refractivity contribution < 1.29 is 14.3 Å². The van der Waals surface area contributed by atoms with Gasteiger partial charge in [0.05, 0.1) is 0 Å². The first-order chi connectivity index (χ1) is 13.6. The van der Waals surface area contributed by atoms with E-state index in [0.717, 1.165) is 49.0 Å². The molecule has 2 aromatic carbocycles. The number of hydrogen-bond donors (Lipinski definition) is 1. The van der Waals surface area contributed by atoms with Crippen LogP contribution in [0.25, 0.3) is 0 Å². The standard InChI is InChI=1S/C23H28N2O3/c1-2-28-21(22(24)26)16-18-11-9-17(10-12-18)6-5-14-25-15-13-19-7-3-4-8-20(19)23(25)27/h3-4,7-12,21H,2,5-6,13-16H2,1H3,(H2,24,26). The predicted molar refractivity (Wildman–Crippen MR) is 109 cm³/mol. The van der Waals surface area contributed by atoms with E-state index < -0.39 is 12.0 Å². The lowest BCUT2D eigenvalue weighted by molar-refractivity contribution is -0.129. The van der Waals surface area contributed by atoms with Crippen molar-refractivity contribution in [2.75, 3.05) is 19.7 Å². The lowest BCUT2D eigenvalue weighted by atomic mass is 9.98. The monoisotopic (exact) mass is 380 g/mol. The number of carbonyl (C=O) groups excluding carboxylic acids is 2. The molecule has 2 amide bonds. The molecule has 5 nitrogen and oxygen atoms in total. The van der Waals surface area contributed by atoms with Crippen molar-refractivity contribution >= 4 is 11.8 Å². The molecule has 5 heteroatoms. The fourth-order valence-electron chi connectivity index (χ4n) is 3.66. The minimum atomic E-state index is -0.580. The van der Waals surface area contributed by atoms with Gasteiger partial charge in [-0.2, -0.15) is 0 Å². The predicted octanol–water partition coefficient (Wildman–Crippen LogP) is 2.75. The van der Waals surface area contributed by atoms with Gasteiger partial charge in [-0.25, -0.2) is 0 Å². The molecule has 0 spiro atoms. The van der Waals surface area contributed by atoms with Gasteiger partial charge in [-0.05, 0) is 48.9 Å². The van der Waals surface area contributed by atoms with Gasteiger partial charge in [0.25, 0.3) is 5.91 Å². The molecule has 28 heavy (non-hydrogen) atoms. The minimum absolute atomic E-state index is 0.144. The van der Waals surface area contributed by atoms with Crippen LogP contribution in [-0.4, -0.2) is 42.5 Å². The number of rotatable bonds is 9. The van der Waals surface area contributed by atoms with Crippen molar-refractivity contribution in [1.82, 2.24) is 4.90 Å². The summed E-state index contributed by atoms with van der Waals surface area (Å²) in [6.45, 7) is 3.87. The number of hydrogen-bond acceptors (Lipinski definition) is 3. The summed E-state index contributed by atoms with van der Waals surface area (Å²) in [6.07, 6.45) is 2.68. The summed E-state index contributed by atoms with van der Waals surface area (Å²) in [5.74, 6) is -0.288. The van der Waals surface area contributed by atoms with Crippen LogP contribution < -0.4 is 5.73 Å². The summed E-state index contributed by atoms with van der Waals surface area (Å²) < 4.78 is 5.39. The molecule has 0 aromatic heterocycles. The molecular weight excluding hydrogens is 352 g/mol. The first-order valence-electron chi connectivity index (χ1n) is 9.94. The zero-order valence-corrected chi connectivity index (χ0v) is 16.4. The third-order valence-corrected chi connectivity index (χ3v) is 5.21. The Morgan fingerprint density at radius 1 is 1.14 bits per heavy atom. The maximum Gasteiger partial charge on any atom is 0.254 e. The highest BCUT2D eigenvalue weighted by molar-refractivity contribution is 5.96. The Balaban J connectivity index is 1.49. The number of fused-ring (bicyclic) bond motifs is 1. The molecule has 1 unspecified atom stereocenters. The lowest BCUT2D eigenvalue weighted by Crippen LogP contribution is -2.38. The molecule has 3 rings (SSSR count). The first kappa shape index (κ1) is 20.1. The van der Waals surface area contributed by atoms with Crippen LogP contribution in [-0.2, 0) is 28.8 Å². The highest BCUT2D eigenvalue weighted by Gasteiger charge is 2.23. The van der Waals surface area contributed by atoms with Gasteiger partial charge < -0.3 is 15.4 Å². The quantitative estimate of drug-likeness (QED) is 0.727. The van der Waals surface area contributed by atoms with Crippen LogP contribution in [0.5, 0.6) is 0 Å². The topological polar surface area (TPSA) is 72.6 Å². The molecule has 1 aliphatic rings. The van der Waals surface area contributed by atoms with Gasteiger partial charge in [0.15, 0.2) is 0 Å². The fourth-order valence-corrected chi connectivity index (χ4v) is 3.66. The molecule has 0 saturated carbocycles. The van der Waals surface area contributed by atoms with Gasteiger partial charge in [0, 0.05) is 31.7 Å². The zero-order valence-electron chi connectivity index (χ0n) is 16.4. The molecule has 0 fully saturated rings. The van der Waals surface area contributed by atoms with E-state index in [1.165, 1.54) is 5.56 Å². The number of benzene rings is 2. The average molecular weight is 380 g/mol. The second-order valence-corrected chi connectivity index (χ2v) is 7.17. The Morgan fingerprint density at radius 2 is 1.86 bits per heavy atom. The maximum absolute atomic E-state index is 12.6. The molecule has 1 aliphatic heterocycles. The van der Waals surface area contributed by atoms with Crippen LogP contribution in [0.4, 0.5) is 0 Å². The highest BCUT2D eigenvalue weighted by Crippen LogP contribution is 2.19. The largest absolute Gasteiger partial charge is 0.368 e. The number of amides is 2. The van der Waals surface area contributed by atoms with Crippen LogP contribution in [0.2, 0.25) is 0 Å². The van der Waals surface area contributed by atoms with E-state index in [4.69, 9.17) is 10.5 Å². The number of primary amides is 1. The molecular formula is C23H28N2O3. The van der Waals surface area contributed by atoms with Gasteiger partial charge in [-0.15, -0.1) is 0 Å². The van der Waals surface area contributed by atoms with Crippen LogP contribution in [0, 0.1) is 0 Å². The molecule has 2 aromatic rings. The molecule has 1 heterocycles. The number of carbonyl (C=O) groups is 2. The second-order valence-electron chi connectivity index (χ2n) is 7.17. The normalized spacial score (nSPS) is 14.6. The van der Waals surface area contributed by atoms with Gasteiger partial charge in [-0.1, -0.05) is 42.5 Å². The zero-order chi connectivity index (χ0) is 19.9. The molecule has 148 valence electrons. The van der Waals surface area contributed by atoms with Gasteiger partial charge in [0.1, 0.15) is 6.10 Å². The van der Waals surface area contributed by atoms with E-state index in [1.54, 1.807) is 0 Å². The minimum Gasteiger partial charge on any atom is -0.368 e. The summed E-state index contributed by atoms with van der Waals surface area (Å²) in [5.41, 5.74) is 9.63. The van der Waals surface area contributed by atoms with E-state index >= 15 is 0 Å². The van der Waals surface area contributed by atoms with Crippen molar-refractivity contribution in [3.05, 3.63) is 70.8 Å². The Labute approximate surface area is 166 Å². The molecule has 0 aliphatic carbocycles. The highest BCUT2D eigenvalue weighted by atomic mass is 16.5. The van der Waals surface area contributed by atoms with E-state index in [9.17, 15) is 9.59 Å². The summed E-state index contributed by atoms with van der Waals surface area (Å²) in [4.78, 5) is 26.0. The van der Waals surface area contributed by atoms with Crippen LogP contribution in [0.3, 0.4) is 0 Å². The van der Waals surface area contributed by atoms with Gasteiger partial charge >= 0.3 is 0 Å². The van der Waals surface area contributed by atoms with Crippen LogP contribution in [0.15, 0.2) is 48.5 Å². The molecule has 1 atom stereocenters. The second kappa shape index (κ2) is 9.51. The fraction of sp³-hybridized carbons (Fsp3) is 0.391. The Hall–Kier alpha value is -2.66. The first-order valence-corrected chi connectivity index (χ1v) is 9.94. The Kier molecular flexibility index (Phi) is 6.82. The Bertz CT molecular complexity index is 817. The van der Waals surface area contributed by atoms with Crippen molar-refractivity contribution in [1.29, 1.82) is 0 Å². The Morgan fingerprint density at radius 3 is 2.57 bits per heavy atom. The summed E-state index contributed by atoms with van der Waals surface area (Å²) in [7, 11) is 0. The third kappa shape index (κ3) is 4.98. The smallest absolute Gasteiger partial charge is 0.254 e. The van der Waals surface area contributed by atoms with E-state index in [0.29, 0.717) is 13.0 Å². The average Bonchev–Trinajstić information content (AvgIpc) is 2.70. The van der Waals surface area contributed by atoms with Crippen molar-refractivity contribution in [2.24, 2.45) is 5.73 Å². The maximum atomic E-state index is 12.6. The lowest BCUT2D eigenvalue weighted by Gasteiger charge is -2.28. The number of aryl methyl sites for hydroxylation is 1. The third-order valence-electron chi connectivity index (χ3n) is 5.21. The summed E-state index contributed by atoms with van der Waals surface area (Å²) >= 11 is 0. The number of nitrogens with two attached hydrogens (primary N) is 1. The van der Waals surface area contributed by atoms with Gasteiger partial charge in [0.2, 0.25) is 5.91 Å². The van der Waals surface area contributed by atoms with Crippen molar-refractivity contribution in [3.63, 3.8) is 0 Å². The van der Waals surface area contributed by atoms with Crippen molar-refractivity contribution in [3.8, 4) is 0 Å². The van der Waals surface area contributed by atoms with E-state index in [1.807, 2.05) is 48.2 Å². The summed E-state index contributed by atoms with van der Waals surface area (Å²) in [6, 6.07) is 16.1. The number of nitrogens with zero attached hydrogens (tertiary/aromatic N) is 1. The number of ether oxygens (including phenoxy) is 1. The van der Waals surface area contributed by atoms with Crippen LogP contribution >= 0.6 is 0 Å². The van der Waals surface area contributed by atoms with Crippen LogP contribution in [0.1, 0.15) is 40.4 Å². The summed E-state index contributed by atoms with van der Waals surface area (Å²) in [5, 5.41) is 0. The SMILES string of the molecule is CCOC(Cc1ccc(CCCN2CCc3ccccc3C2=O)cc1)C(N)=O. The molecule has 2 N–H and O–H groups in total. The molecule has 0 bridgehead atoms. The molecule has 0 radical (unpaired) electrons. The van der Waals surface area contributed by atoms with Gasteiger partial charge in [-0.3, -0.25) is 9.59 Å².